The van der Waals surface area contributed by atoms with Crippen LogP contribution >= 0.6 is 35.3 Å². The van der Waals surface area contributed by atoms with E-state index in [2.05, 4.69) is 27.0 Å². The quantitative estimate of drug-likeness (QED) is 0.339. The molecule has 6 nitrogen and oxygen atoms in total. The van der Waals surface area contributed by atoms with Crippen LogP contribution in [0.4, 0.5) is 4.39 Å². The molecule has 0 radical (unpaired) electrons. The number of halogens is 2. The average molecular weight is 547 g/mol. The summed E-state index contributed by atoms with van der Waals surface area (Å²) in [6, 6.07) is 5.19. The van der Waals surface area contributed by atoms with Crippen molar-refractivity contribution >= 4 is 41.3 Å². The number of thiazole rings is 1. The first-order valence-electron chi connectivity index (χ1n) is 10.0. The molecule has 1 aliphatic heterocycles. The monoisotopic (exact) mass is 547 g/mol. The number of rotatable bonds is 6. The van der Waals surface area contributed by atoms with Crippen molar-refractivity contribution in [3.05, 3.63) is 45.2 Å². The first-order valence-corrected chi connectivity index (χ1v) is 10.8. The van der Waals surface area contributed by atoms with Crippen molar-refractivity contribution in [2.45, 2.75) is 33.9 Å². The van der Waals surface area contributed by atoms with Gasteiger partial charge in [-0.05, 0) is 38.5 Å². The van der Waals surface area contributed by atoms with Gasteiger partial charge in [-0.1, -0.05) is 6.07 Å². The number of nitrogens with zero attached hydrogens (tertiary/aromatic N) is 4. The highest BCUT2D eigenvalue weighted by molar-refractivity contribution is 14.0. The first-order chi connectivity index (χ1) is 14.0. The molecule has 2 heterocycles. The van der Waals surface area contributed by atoms with Crippen molar-refractivity contribution < 1.29 is 9.13 Å². The molecule has 1 fully saturated rings. The van der Waals surface area contributed by atoms with Gasteiger partial charge in [-0.25, -0.2) is 14.4 Å². The molecule has 30 heavy (non-hydrogen) atoms. The maximum absolute atomic E-state index is 13.9. The number of benzene rings is 1. The topological polar surface area (TPSA) is 53.0 Å². The van der Waals surface area contributed by atoms with Crippen LogP contribution in [-0.4, -0.2) is 60.6 Å². The third-order valence-electron chi connectivity index (χ3n) is 5.00. The molecule has 0 unspecified atom stereocenters. The molecular formula is C21H31FIN5OS. The number of hydrogen-bond acceptors (Lipinski definition) is 5. The SMILES string of the molecule is CCNC(=NCc1sc(C)nc1C)N1CCN(Cc2ccc(OC)c(F)c2)CC1.I. The Balaban J connectivity index is 0.00000320. The zero-order valence-electron chi connectivity index (χ0n) is 18.1. The Morgan fingerprint density at radius 2 is 2.00 bits per heavy atom. The summed E-state index contributed by atoms with van der Waals surface area (Å²) in [5.41, 5.74) is 2.04. The third-order valence-corrected chi connectivity index (χ3v) is 6.06. The van der Waals surface area contributed by atoms with Crippen LogP contribution in [-0.2, 0) is 13.1 Å². The Kier molecular flexibility index (Phi) is 9.76. The zero-order chi connectivity index (χ0) is 20.8. The lowest BCUT2D eigenvalue weighted by molar-refractivity contribution is 0.172. The summed E-state index contributed by atoms with van der Waals surface area (Å²) < 4.78 is 18.9. The minimum absolute atomic E-state index is 0. The van der Waals surface area contributed by atoms with E-state index in [-0.39, 0.29) is 35.5 Å². The van der Waals surface area contributed by atoms with Crippen LogP contribution in [0.3, 0.4) is 0 Å². The van der Waals surface area contributed by atoms with E-state index in [0.717, 1.165) is 61.5 Å². The van der Waals surface area contributed by atoms with Crippen molar-refractivity contribution in [2.75, 3.05) is 39.8 Å². The van der Waals surface area contributed by atoms with Gasteiger partial charge in [0.2, 0.25) is 0 Å². The summed E-state index contributed by atoms with van der Waals surface area (Å²) in [7, 11) is 1.48. The predicted molar refractivity (Wildman–Crippen MR) is 132 cm³/mol. The van der Waals surface area contributed by atoms with E-state index < -0.39 is 0 Å². The van der Waals surface area contributed by atoms with E-state index >= 15 is 0 Å². The van der Waals surface area contributed by atoms with Crippen LogP contribution in [0.1, 0.15) is 28.1 Å². The van der Waals surface area contributed by atoms with E-state index in [9.17, 15) is 4.39 Å². The lowest BCUT2D eigenvalue weighted by Gasteiger charge is -2.36. The Bertz CT molecular complexity index is 852. The second-order valence-corrected chi connectivity index (χ2v) is 8.43. The van der Waals surface area contributed by atoms with Gasteiger partial charge in [0.05, 0.1) is 24.4 Å². The molecule has 2 aromatic rings. The highest BCUT2D eigenvalue weighted by Crippen LogP contribution is 2.20. The highest BCUT2D eigenvalue weighted by Gasteiger charge is 2.20. The average Bonchev–Trinajstić information content (AvgIpc) is 3.03. The van der Waals surface area contributed by atoms with Crippen LogP contribution in [0, 0.1) is 19.7 Å². The number of piperazine rings is 1. The fourth-order valence-electron chi connectivity index (χ4n) is 3.48. The lowest BCUT2D eigenvalue weighted by Crippen LogP contribution is -2.52. The molecular weight excluding hydrogens is 516 g/mol. The molecule has 1 aromatic heterocycles. The molecule has 1 N–H and O–H groups in total. The minimum atomic E-state index is -0.307. The van der Waals surface area contributed by atoms with Crippen molar-refractivity contribution in [2.24, 2.45) is 4.99 Å². The maximum atomic E-state index is 13.9. The van der Waals surface area contributed by atoms with Crippen molar-refractivity contribution in [1.29, 1.82) is 0 Å². The molecule has 3 rings (SSSR count). The van der Waals surface area contributed by atoms with Crippen LogP contribution in [0.25, 0.3) is 0 Å². The van der Waals surface area contributed by atoms with Gasteiger partial charge in [-0.3, -0.25) is 4.90 Å². The molecule has 9 heteroatoms. The van der Waals surface area contributed by atoms with Gasteiger partial charge in [0.15, 0.2) is 17.5 Å². The first kappa shape index (κ1) is 24.8. The molecule has 0 aliphatic carbocycles. The molecule has 0 amide bonds. The van der Waals surface area contributed by atoms with Crippen LogP contribution in [0.15, 0.2) is 23.2 Å². The fraction of sp³-hybridized carbons (Fsp3) is 0.524. The number of ether oxygens (including phenoxy) is 1. The van der Waals surface area contributed by atoms with Gasteiger partial charge in [0.1, 0.15) is 0 Å². The van der Waals surface area contributed by atoms with Crippen molar-refractivity contribution in [1.82, 2.24) is 20.1 Å². The van der Waals surface area contributed by atoms with E-state index in [1.165, 1.54) is 12.0 Å². The normalized spacial score (nSPS) is 15.1. The van der Waals surface area contributed by atoms with Gasteiger partial charge in [0, 0.05) is 44.1 Å². The summed E-state index contributed by atoms with van der Waals surface area (Å²) >= 11 is 1.71. The maximum Gasteiger partial charge on any atom is 0.194 e. The van der Waals surface area contributed by atoms with E-state index in [4.69, 9.17) is 9.73 Å². The third kappa shape index (κ3) is 6.52. The largest absolute Gasteiger partial charge is 0.494 e. The van der Waals surface area contributed by atoms with Crippen LogP contribution in [0.5, 0.6) is 5.75 Å². The number of guanidine groups is 1. The zero-order valence-corrected chi connectivity index (χ0v) is 21.2. The highest BCUT2D eigenvalue weighted by atomic mass is 127. The lowest BCUT2D eigenvalue weighted by atomic mass is 10.2. The number of nitrogens with one attached hydrogen (secondary N) is 1. The summed E-state index contributed by atoms with van der Waals surface area (Å²) in [4.78, 5) is 15.2. The van der Waals surface area contributed by atoms with Gasteiger partial charge < -0.3 is 15.0 Å². The number of hydrogen-bond donors (Lipinski definition) is 1. The molecule has 1 aromatic carbocycles. The smallest absolute Gasteiger partial charge is 0.194 e. The Labute approximate surface area is 199 Å². The number of aryl methyl sites for hydroxylation is 2. The summed E-state index contributed by atoms with van der Waals surface area (Å²) in [5.74, 6) is 0.934. The summed E-state index contributed by atoms with van der Waals surface area (Å²) in [6.07, 6.45) is 0. The molecule has 1 saturated heterocycles. The Hall–Kier alpha value is -1.46. The number of methoxy groups -OCH3 is 1. The van der Waals surface area contributed by atoms with Gasteiger partial charge >= 0.3 is 0 Å². The number of aromatic nitrogens is 1. The minimum Gasteiger partial charge on any atom is -0.494 e. The molecule has 0 spiro atoms. The number of aliphatic imine (C=N–C) groups is 1. The Morgan fingerprint density at radius 3 is 2.57 bits per heavy atom. The predicted octanol–water partition coefficient (Wildman–Crippen LogP) is 3.81. The van der Waals surface area contributed by atoms with E-state index in [1.54, 1.807) is 23.5 Å². The Morgan fingerprint density at radius 1 is 1.27 bits per heavy atom. The molecule has 0 atom stereocenters. The van der Waals surface area contributed by atoms with E-state index in [1.807, 2.05) is 19.9 Å². The van der Waals surface area contributed by atoms with Gasteiger partial charge in [-0.15, -0.1) is 35.3 Å². The van der Waals surface area contributed by atoms with Crippen molar-refractivity contribution in [3.63, 3.8) is 0 Å². The van der Waals surface area contributed by atoms with Gasteiger partial charge in [0.25, 0.3) is 0 Å². The molecule has 1 aliphatic rings. The second-order valence-electron chi connectivity index (χ2n) is 7.14. The standard InChI is InChI=1S/C21H30FN5OS.HI/c1-5-23-21(24-13-20-15(2)25-16(3)29-20)27-10-8-26(9-11-27)14-17-6-7-19(28-4)18(22)12-17;/h6-7,12H,5,8-11,13-14H2,1-4H3,(H,23,24);1H. The summed E-state index contributed by atoms with van der Waals surface area (Å²) in [6.45, 7) is 12.0. The van der Waals surface area contributed by atoms with Gasteiger partial charge in [-0.2, -0.15) is 0 Å². The molecule has 0 saturated carbocycles. The second kappa shape index (κ2) is 11.8. The van der Waals surface area contributed by atoms with Crippen LogP contribution in [0.2, 0.25) is 0 Å². The fourth-order valence-corrected chi connectivity index (χ4v) is 4.34. The van der Waals surface area contributed by atoms with E-state index in [0.29, 0.717) is 6.54 Å². The van der Waals surface area contributed by atoms with Crippen molar-refractivity contribution in [3.8, 4) is 5.75 Å². The molecule has 166 valence electrons. The molecule has 0 bridgehead atoms. The summed E-state index contributed by atoms with van der Waals surface area (Å²) in [5, 5.41) is 4.50. The van der Waals surface area contributed by atoms with Crippen LogP contribution < -0.4 is 10.1 Å².